The highest BCUT2D eigenvalue weighted by atomic mass is 79.9. The summed E-state index contributed by atoms with van der Waals surface area (Å²) in [5, 5.41) is 0.556. The van der Waals surface area contributed by atoms with Crippen LogP contribution >= 0.6 is 15.9 Å². The number of imide groups is 1. The van der Waals surface area contributed by atoms with Gasteiger partial charge in [0, 0.05) is 5.33 Å². The largest absolute Gasteiger partial charge is 0.293 e. The highest BCUT2D eigenvalue weighted by Crippen LogP contribution is 2.21. The minimum atomic E-state index is -0.406. The van der Waals surface area contributed by atoms with Gasteiger partial charge in [-0.25, -0.2) is 0 Å². The van der Waals surface area contributed by atoms with Gasteiger partial charge < -0.3 is 0 Å². The van der Waals surface area contributed by atoms with Crippen molar-refractivity contribution in [2.24, 2.45) is 0 Å². The topological polar surface area (TPSA) is 54.5 Å². The molecule has 0 saturated heterocycles. The molecule has 1 aliphatic rings. The second-order valence-corrected chi connectivity index (χ2v) is 4.41. The minimum absolute atomic E-state index is 0.212. The first-order valence-electron chi connectivity index (χ1n) is 5.35. The molecule has 1 aromatic rings. The lowest BCUT2D eigenvalue weighted by atomic mass is 10.1. The molecular formula is C13H10BrNO3. The summed E-state index contributed by atoms with van der Waals surface area (Å²) >= 11 is 3.15. The third-order valence-corrected chi connectivity index (χ3v) is 2.96. The van der Waals surface area contributed by atoms with Crippen molar-refractivity contribution in [1.29, 1.82) is 0 Å². The van der Waals surface area contributed by atoms with Crippen LogP contribution in [0.25, 0.3) is 0 Å². The van der Waals surface area contributed by atoms with Crippen LogP contribution in [0.1, 0.15) is 20.7 Å². The molecule has 0 radical (unpaired) electrons. The van der Waals surface area contributed by atoms with Crippen molar-refractivity contribution in [2.75, 3.05) is 11.9 Å². The number of benzene rings is 1. The molecule has 0 saturated carbocycles. The highest BCUT2D eigenvalue weighted by molar-refractivity contribution is 9.09. The monoisotopic (exact) mass is 307 g/mol. The number of fused-ring (bicyclic) bond motifs is 1. The third-order valence-electron chi connectivity index (χ3n) is 2.58. The fourth-order valence-electron chi connectivity index (χ4n) is 1.77. The van der Waals surface area contributed by atoms with Gasteiger partial charge in [0.1, 0.15) is 0 Å². The van der Waals surface area contributed by atoms with Crippen LogP contribution in [0.5, 0.6) is 0 Å². The summed E-state index contributed by atoms with van der Waals surface area (Å²) in [6.45, 7) is -0.212. The van der Waals surface area contributed by atoms with E-state index < -0.39 is 11.8 Å². The molecule has 0 atom stereocenters. The first kappa shape index (κ1) is 12.7. The fraction of sp³-hybridized carbons (Fsp3) is 0.154. The van der Waals surface area contributed by atoms with Crippen molar-refractivity contribution in [3.05, 3.63) is 47.5 Å². The quantitative estimate of drug-likeness (QED) is 0.484. The smallest absolute Gasteiger partial charge is 0.261 e. The number of amides is 2. The summed E-state index contributed by atoms with van der Waals surface area (Å²) in [5.74, 6) is -1.09. The molecule has 0 unspecified atom stereocenters. The number of hydrogen-bond donors (Lipinski definition) is 0. The maximum absolute atomic E-state index is 11.9. The highest BCUT2D eigenvalue weighted by Gasteiger charge is 2.35. The van der Waals surface area contributed by atoms with E-state index >= 15 is 0 Å². The number of ketones is 1. The molecular weight excluding hydrogens is 298 g/mol. The number of carbonyl (C=O) groups is 3. The molecule has 92 valence electrons. The maximum atomic E-state index is 11.9. The third kappa shape index (κ3) is 2.26. The summed E-state index contributed by atoms with van der Waals surface area (Å²) in [6.07, 6.45) is 2.98. The van der Waals surface area contributed by atoms with Gasteiger partial charge in [0.05, 0.1) is 17.7 Å². The molecule has 2 rings (SSSR count). The number of rotatable bonds is 4. The Balaban J connectivity index is 2.19. The summed E-state index contributed by atoms with van der Waals surface area (Å²) in [6, 6.07) is 6.57. The van der Waals surface area contributed by atoms with Crippen LogP contribution in [0, 0.1) is 0 Å². The van der Waals surface area contributed by atoms with Crippen LogP contribution in [0.15, 0.2) is 36.4 Å². The fourth-order valence-corrected chi connectivity index (χ4v) is 1.95. The van der Waals surface area contributed by atoms with Gasteiger partial charge >= 0.3 is 0 Å². The SMILES string of the molecule is O=C(C=CCBr)CN1C(=O)c2ccccc2C1=O. The second-order valence-electron chi connectivity index (χ2n) is 3.77. The van der Waals surface area contributed by atoms with Gasteiger partial charge in [-0.3, -0.25) is 19.3 Å². The lowest BCUT2D eigenvalue weighted by Crippen LogP contribution is -2.34. The molecule has 1 aliphatic heterocycles. The molecule has 1 aromatic carbocycles. The number of allylic oxidation sites excluding steroid dienone is 1. The van der Waals surface area contributed by atoms with Crippen LogP contribution in [0.2, 0.25) is 0 Å². The summed E-state index contributed by atoms with van der Waals surface area (Å²) in [5.41, 5.74) is 0.722. The van der Waals surface area contributed by atoms with E-state index in [1.807, 2.05) is 0 Å². The first-order chi connectivity index (χ1) is 8.65. The Bertz CT molecular complexity index is 516. The minimum Gasteiger partial charge on any atom is -0.293 e. The lowest BCUT2D eigenvalue weighted by Gasteiger charge is -2.10. The Hall–Kier alpha value is -1.75. The Morgan fingerprint density at radius 1 is 1.17 bits per heavy atom. The van der Waals surface area contributed by atoms with Crippen molar-refractivity contribution >= 4 is 33.5 Å². The zero-order chi connectivity index (χ0) is 13.1. The van der Waals surface area contributed by atoms with Gasteiger partial charge in [-0.1, -0.05) is 34.1 Å². The van der Waals surface area contributed by atoms with Gasteiger partial charge in [0.15, 0.2) is 5.78 Å². The molecule has 1 heterocycles. The Kier molecular flexibility index (Phi) is 3.72. The van der Waals surface area contributed by atoms with Crippen molar-refractivity contribution in [3.63, 3.8) is 0 Å². The van der Waals surface area contributed by atoms with Gasteiger partial charge in [0.25, 0.3) is 11.8 Å². The molecule has 0 bridgehead atoms. The number of nitrogens with zero attached hydrogens (tertiary/aromatic N) is 1. The predicted molar refractivity (Wildman–Crippen MR) is 69.8 cm³/mol. The maximum Gasteiger partial charge on any atom is 0.261 e. The lowest BCUT2D eigenvalue weighted by molar-refractivity contribution is -0.114. The Morgan fingerprint density at radius 2 is 1.72 bits per heavy atom. The van der Waals surface area contributed by atoms with Crippen LogP contribution in [0.4, 0.5) is 0 Å². The normalized spacial score (nSPS) is 14.4. The number of carbonyl (C=O) groups excluding carboxylic acids is 3. The molecule has 0 spiro atoms. The van der Waals surface area contributed by atoms with Crippen molar-refractivity contribution in [1.82, 2.24) is 4.90 Å². The molecule has 2 amide bonds. The zero-order valence-corrected chi connectivity index (χ0v) is 11.0. The molecule has 18 heavy (non-hydrogen) atoms. The standard InChI is InChI=1S/C13H10BrNO3/c14-7-3-4-9(16)8-15-12(17)10-5-1-2-6-11(10)13(15)18/h1-6H,7-8H2. The predicted octanol–water partition coefficient (Wildman–Crippen LogP) is 1.80. The van der Waals surface area contributed by atoms with Gasteiger partial charge in [-0.15, -0.1) is 0 Å². The van der Waals surface area contributed by atoms with Crippen LogP contribution in [-0.2, 0) is 4.79 Å². The van der Waals surface area contributed by atoms with E-state index in [0.717, 1.165) is 4.90 Å². The zero-order valence-electron chi connectivity index (χ0n) is 9.43. The molecule has 0 aliphatic carbocycles. The average Bonchev–Trinajstić information content (AvgIpc) is 2.62. The Labute approximate surface area is 112 Å². The summed E-state index contributed by atoms with van der Waals surface area (Å²) in [7, 11) is 0. The van der Waals surface area contributed by atoms with Crippen molar-refractivity contribution in [2.45, 2.75) is 0 Å². The van der Waals surface area contributed by atoms with Gasteiger partial charge in [-0.05, 0) is 18.2 Å². The van der Waals surface area contributed by atoms with Crippen LogP contribution < -0.4 is 0 Å². The van der Waals surface area contributed by atoms with Crippen molar-refractivity contribution < 1.29 is 14.4 Å². The molecule has 0 N–H and O–H groups in total. The van der Waals surface area contributed by atoms with E-state index in [4.69, 9.17) is 0 Å². The van der Waals surface area contributed by atoms with E-state index in [1.54, 1.807) is 30.3 Å². The molecule has 0 aromatic heterocycles. The summed E-state index contributed by atoms with van der Waals surface area (Å²) in [4.78, 5) is 36.4. The number of halogens is 1. The molecule has 5 heteroatoms. The van der Waals surface area contributed by atoms with E-state index in [-0.39, 0.29) is 12.3 Å². The van der Waals surface area contributed by atoms with E-state index in [2.05, 4.69) is 15.9 Å². The number of alkyl halides is 1. The van der Waals surface area contributed by atoms with E-state index in [9.17, 15) is 14.4 Å². The van der Waals surface area contributed by atoms with Crippen LogP contribution in [0.3, 0.4) is 0 Å². The van der Waals surface area contributed by atoms with Gasteiger partial charge in [0.2, 0.25) is 0 Å². The Morgan fingerprint density at radius 3 is 2.22 bits per heavy atom. The number of hydrogen-bond acceptors (Lipinski definition) is 3. The second kappa shape index (κ2) is 5.27. The van der Waals surface area contributed by atoms with E-state index in [0.29, 0.717) is 16.5 Å². The average molecular weight is 308 g/mol. The molecule has 0 fully saturated rings. The molecule has 4 nitrogen and oxygen atoms in total. The first-order valence-corrected chi connectivity index (χ1v) is 6.48. The van der Waals surface area contributed by atoms with E-state index in [1.165, 1.54) is 6.08 Å². The van der Waals surface area contributed by atoms with Gasteiger partial charge in [-0.2, -0.15) is 0 Å². The van der Waals surface area contributed by atoms with Crippen LogP contribution in [-0.4, -0.2) is 34.4 Å². The van der Waals surface area contributed by atoms with Crippen molar-refractivity contribution in [3.8, 4) is 0 Å². The summed E-state index contributed by atoms with van der Waals surface area (Å²) < 4.78 is 0.